The van der Waals surface area contributed by atoms with Crippen LogP contribution in [0.3, 0.4) is 0 Å². The van der Waals surface area contributed by atoms with Crippen molar-refractivity contribution in [1.82, 2.24) is 10.2 Å². The van der Waals surface area contributed by atoms with Crippen LogP contribution >= 0.6 is 15.9 Å². The van der Waals surface area contributed by atoms with E-state index in [-0.39, 0.29) is 12.3 Å². The standard InChI is InChI=1S/C16H13BrN2O6/c1-3-4-25-14-10(17)5-9(7-12(14)24-2)6-11-15(22)19(8-13(20)21)16(23)18-11/h1,5-7H,4,8H2,2H3,(H,18,23)(H,20,21)/b11-6+. The fourth-order valence-corrected chi connectivity index (χ4v) is 2.67. The first-order valence-electron chi connectivity index (χ1n) is 6.87. The lowest BCUT2D eigenvalue weighted by Crippen LogP contribution is -2.35. The zero-order chi connectivity index (χ0) is 18.6. The molecule has 0 unspecified atom stereocenters. The number of ether oxygens (including phenoxy) is 2. The van der Waals surface area contributed by atoms with Crippen LogP contribution in [0.25, 0.3) is 6.08 Å². The molecule has 1 saturated heterocycles. The van der Waals surface area contributed by atoms with Gasteiger partial charge < -0.3 is 19.9 Å². The molecule has 0 saturated carbocycles. The number of methoxy groups -OCH3 is 1. The number of urea groups is 1. The summed E-state index contributed by atoms with van der Waals surface area (Å²) in [6, 6.07) is 2.43. The Kier molecular flexibility index (Phi) is 5.67. The molecule has 9 heteroatoms. The molecule has 2 N–H and O–H groups in total. The molecule has 0 radical (unpaired) electrons. The predicted octanol–water partition coefficient (Wildman–Crippen LogP) is 1.45. The van der Waals surface area contributed by atoms with Gasteiger partial charge in [-0.05, 0) is 39.7 Å². The SMILES string of the molecule is C#CCOc1c(Br)cc(/C=C2/NC(=O)N(CC(=O)O)C2=O)cc1OC. The number of carboxylic acids is 1. The summed E-state index contributed by atoms with van der Waals surface area (Å²) >= 11 is 3.33. The lowest BCUT2D eigenvalue weighted by molar-refractivity contribution is -0.140. The summed E-state index contributed by atoms with van der Waals surface area (Å²) in [5, 5.41) is 11.1. The third kappa shape index (κ3) is 4.10. The summed E-state index contributed by atoms with van der Waals surface area (Å²) in [5.41, 5.74) is 0.482. The zero-order valence-corrected chi connectivity index (χ0v) is 14.6. The van der Waals surface area contributed by atoms with E-state index in [9.17, 15) is 14.4 Å². The molecule has 130 valence electrons. The minimum absolute atomic E-state index is 0.0440. The summed E-state index contributed by atoms with van der Waals surface area (Å²) in [7, 11) is 1.44. The molecule has 1 aromatic rings. The molecule has 1 aromatic carbocycles. The molecule has 0 aliphatic carbocycles. The average molecular weight is 409 g/mol. The monoisotopic (exact) mass is 408 g/mol. The largest absolute Gasteiger partial charge is 0.493 e. The van der Waals surface area contributed by atoms with E-state index in [4.69, 9.17) is 21.0 Å². The molecule has 1 aliphatic rings. The molecular weight excluding hydrogens is 396 g/mol. The highest BCUT2D eigenvalue weighted by atomic mass is 79.9. The first-order chi connectivity index (χ1) is 11.9. The van der Waals surface area contributed by atoms with Gasteiger partial charge in [0.15, 0.2) is 11.5 Å². The highest BCUT2D eigenvalue weighted by molar-refractivity contribution is 9.10. The van der Waals surface area contributed by atoms with Crippen LogP contribution in [0.2, 0.25) is 0 Å². The van der Waals surface area contributed by atoms with Crippen molar-refractivity contribution in [2.45, 2.75) is 0 Å². The highest BCUT2D eigenvalue weighted by Gasteiger charge is 2.34. The van der Waals surface area contributed by atoms with Crippen LogP contribution in [-0.4, -0.2) is 48.2 Å². The Morgan fingerprint density at radius 3 is 2.80 bits per heavy atom. The molecule has 0 bridgehead atoms. The Hall–Kier alpha value is -2.99. The van der Waals surface area contributed by atoms with Crippen molar-refractivity contribution in [3.63, 3.8) is 0 Å². The molecule has 0 spiro atoms. The number of nitrogens with zero attached hydrogens (tertiary/aromatic N) is 1. The van der Waals surface area contributed by atoms with Gasteiger partial charge in [-0.3, -0.25) is 9.59 Å². The second-order valence-corrected chi connectivity index (χ2v) is 5.65. The van der Waals surface area contributed by atoms with Crippen LogP contribution in [-0.2, 0) is 9.59 Å². The van der Waals surface area contributed by atoms with Crippen LogP contribution < -0.4 is 14.8 Å². The summed E-state index contributed by atoms with van der Waals surface area (Å²) in [5.74, 6) is 1.10. The predicted molar refractivity (Wildman–Crippen MR) is 90.9 cm³/mol. The van der Waals surface area contributed by atoms with Crippen LogP contribution in [0.5, 0.6) is 11.5 Å². The summed E-state index contributed by atoms with van der Waals surface area (Å²) < 4.78 is 11.2. The van der Waals surface area contributed by atoms with Gasteiger partial charge in [-0.1, -0.05) is 5.92 Å². The number of carbonyl (C=O) groups is 3. The van der Waals surface area contributed by atoms with E-state index in [1.54, 1.807) is 12.1 Å². The van der Waals surface area contributed by atoms with Gasteiger partial charge in [0.2, 0.25) is 0 Å². The summed E-state index contributed by atoms with van der Waals surface area (Å²) in [6.45, 7) is -0.665. The van der Waals surface area contributed by atoms with Crippen molar-refractivity contribution >= 4 is 39.9 Å². The van der Waals surface area contributed by atoms with Gasteiger partial charge in [0.1, 0.15) is 18.8 Å². The van der Waals surface area contributed by atoms with Crippen molar-refractivity contribution in [3.05, 3.63) is 27.9 Å². The highest BCUT2D eigenvalue weighted by Crippen LogP contribution is 2.37. The maximum atomic E-state index is 12.1. The van der Waals surface area contributed by atoms with Gasteiger partial charge in [0, 0.05) is 0 Å². The number of halogens is 1. The Labute approximate surface area is 151 Å². The molecule has 3 amide bonds. The quantitative estimate of drug-likeness (QED) is 0.419. The second-order valence-electron chi connectivity index (χ2n) is 4.80. The second kappa shape index (κ2) is 7.72. The number of hydrogen-bond donors (Lipinski definition) is 2. The van der Waals surface area contributed by atoms with Gasteiger partial charge in [-0.25, -0.2) is 9.69 Å². The summed E-state index contributed by atoms with van der Waals surface area (Å²) in [6.07, 6.45) is 6.57. The maximum absolute atomic E-state index is 12.1. The van der Waals surface area contributed by atoms with Gasteiger partial charge in [-0.2, -0.15) is 0 Å². The molecule has 1 fully saturated rings. The smallest absolute Gasteiger partial charge is 0.329 e. The number of aliphatic carboxylic acids is 1. The molecule has 1 aliphatic heterocycles. The third-order valence-electron chi connectivity index (χ3n) is 3.12. The molecule has 0 atom stereocenters. The molecule has 2 rings (SSSR count). The number of rotatable bonds is 6. The normalized spacial score (nSPS) is 15.1. The van der Waals surface area contributed by atoms with E-state index >= 15 is 0 Å². The molecule has 25 heavy (non-hydrogen) atoms. The molecular formula is C16H13BrN2O6. The van der Waals surface area contributed by atoms with Crippen molar-refractivity contribution in [2.24, 2.45) is 0 Å². The van der Waals surface area contributed by atoms with Gasteiger partial charge in [0.25, 0.3) is 5.91 Å². The van der Waals surface area contributed by atoms with Crippen molar-refractivity contribution < 1.29 is 29.0 Å². The van der Waals surface area contributed by atoms with E-state index in [0.717, 1.165) is 0 Å². The Bertz CT molecular complexity index is 812. The first-order valence-corrected chi connectivity index (χ1v) is 7.66. The Balaban J connectivity index is 2.34. The number of nitrogens with one attached hydrogen (secondary N) is 1. The van der Waals surface area contributed by atoms with Crippen LogP contribution in [0, 0.1) is 12.3 Å². The lowest BCUT2D eigenvalue weighted by Gasteiger charge is -2.12. The van der Waals surface area contributed by atoms with Gasteiger partial charge >= 0.3 is 12.0 Å². The van der Waals surface area contributed by atoms with E-state index < -0.39 is 24.5 Å². The van der Waals surface area contributed by atoms with Crippen molar-refractivity contribution in [1.29, 1.82) is 0 Å². The van der Waals surface area contributed by atoms with Gasteiger partial charge in [-0.15, -0.1) is 6.42 Å². The first kappa shape index (κ1) is 18.4. The van der Waals surface area contributed by atoms with Crippen LogP contribution in [0.4, 0.5) is 4.79 Å². The Morgan fingerprint density at radius 2 is 2.20 bits per heavy atom. The number of amides is 3. The Morgan fingerprint density at radius 1 is 1.48 bits per heavy atom. The molecule has 8 nitrogen and oxygen atoms in total. The van der Waals surface area contributed by atoms with Crippen LogP contribution in [0.15, 0.2) is 22.3 Å². The maximum Gasteiger partial charge on any atom is 0.329 e. The van der Waals surface area contributed by atoms with Crippen molar-refractivity contribution in [2.75, 3.05) is 20.3 Å². The average Bonchev–Trinajstić information content (AvgIpc) is 2.80. The third-order valence-corrected chi connectivity index (χ3v) is 3.71. The van der Waals surface area contributed by atoms with E-state index in [0.29, 0.717) is 26.4 Å². The minimum Gasteiger partial charge on any atom is -0.493 e. The van der Waals surface area contributed by atoms with E-state index in [2.05, 4.69) is 27.2 Å². The number of benzene rings is 1. The fraction of sp³-hybridized carbons (Fsp3) is 0.188. The van der Waals surface area contributed by atoms with E-state index in [1.165, 1.54) is 13.2 Å². The summed E-state index contributed by atoms with van der Waals surface area (Å²) in [4.78, 5) is 35.1. The number of carboxylic acid groups (broad SMARTS) is 1. The number of hydrogen-bond acceptors (Lipinski definition) is 5. The minimum atomic E-state index is -1.29. The van der Waals surface area contributed by atoms with Crippen molar-refractivity contribution in [3.8, 4) is 23.8 Å². The molecule has 1 heterocycles. The lowest BCUT2D eigenvalue weighted by atomic mass is 10.1. The topological polar surface area (TPSA) is 105 Å². The fourth-order valence-electron chi connectivity index (χ4n) is 2.09. The van der Waals surface area contributed by atoms with Crippen LogP contribution in [0.1, 0.15) is 5.56 Å². The number of imide groups is 1. The van der Waals surface area contributed by atoms with E-state index in [1.807, 2.05) is 0 Å². The number of carbonyl (C=O) groups excluding carboxylic acids is 2. The molecule has 0 aromatic heterocycles. The zero-order valence-electron chi connectivity index (χ0n) is 13.0. The van der Waals surface area contributed by atoms with Gasteiger partial charge in [0.05, 0.1) is 11.6 Å². The number of terminal acetylenes is 1.